The molecule has 0 aliphatic carbocycles. The second kappa shape index (κ2) is 7.90. The van der Waals surface area contributed by atoms with E-state index in [9.17, 15) is 18.0 Å². The van der Waals surface area contributed by atoms with Gasteiger partial charge in [-0.05, 0) is 24.3 Å². The molecule has 0 radical (unpaired) electrons. The molecule has 0 saturated carbocycles. The molecule has 2 heterocycles. The predicted molar refractivity (Wildman–Crippen MR) is 88.5 cm³/mol. The fourth-order valence-corrected chi connectivity index (χ4v) is 2.13. The summed E-state index contributed by atoms with van der Waals surface area (Å²) in [6.45, 7) is -1.50. The van der Waals surface area contributed by atoms with Gasteiger partial charge in [0.05, 0.1) is 11.3 Å². The SMILES string of the molecule is O=C(OCc1ccn(-c2ccccc2)n1)c1ccc(OCC(F)(F)F)nc1. The second-order valence-electron chi connectivity index (χ2n) is 5.45. The summed E-state index contributed by atoms with van der Waals surface area (Å²) in [5.41, 5.74) is 1.51. The van der Waals surface area contributed by atoms with Gasteiger partial charge in [-0.1, -0.05) is 18.2 Å². The summed E-state index contributed by atoms with van der Waals surface area (Å²) in [5, 5.41) is 4.30. The zero-order chi connectivity index (χ0) is 19.3. The maximum absolute atomic E-state index is 12.1. The van der Waals surface area contributed by atoms with Crippen LogP contribution in [0, 0.1) is 0 Å². The molecule has 0 aliphatic rings. The van der Waals surface area contributed by atoms with E-state index in [-0.39, 0.29) is 18.1 Å². The van der Waals surface area contributed by atoms with Crippen molar-refractivity contribution in [1.82, 2.24) is 14.8 Å². The number of halogens is 3. The number of nitrogens with zero attached hydrogens (tertiary/aromatic N) is 3. The van der Waals surface area contributed by atoms with Crippen molar-refractivity contribution < 1.29 is 27.4 Å². The molecule has 0 unspecified atom stereocenters. The van der Waals surface area contributed by atoms with Gasteiger partial charge in [-0.15, -0.1) is 0 Å². The lowest BCUT2D eigenvalue weighted by atomic mass is 10.3. The molecule has 140 valence electrons. The molecular formula is C18H14F3N3O3. The highest BCUT2D eigenvalue weighted by atomic mass is 19.4. The fourth-order valence-electron chi connectivity index (χ4n) is 2.13. The van der Waals surface area contributed by atoms with Gasteiger partial charge >= 0.3 is 12.1 Å². The Balaban J connectivity index is 1.54. The lowest BCUT2D eigenvalue weighted by molar-refractivity contribution is -0.154. The number of carbonyl (C=O) groups excluding carboxylic acids is 1. The number of pyridine rings is 1. The van der Waals surface area contributed by atoms with Crippen molar-refractivity contribution in [1.29, 1.82) is 0 Å². The average Bonchev–Trinajstić information content (AvgIpc) is 3.14. The zero-order valence-corrected chi connectivity index (χ0v) is 13.9. The molecule has 0 spiro atoms. The van der Waals surface area contributed by atoms with E-state index < -0.39 is 18.8 Å². The molecule has 2 aromatic heterocycles. The molecule has 9 heteroatoms. The Hall–Kier alpha value is -3.36. The molecule has 0 fully saturated rings. The van der Waals surface area contributed by atoms with Crippen LogP contribution in [-0.2, 0) is 11.3 Å². The minimum absolute atomic E-state index is 0.0506. The van der Waals surface area contributed by atoms with Gasteiger partial charge in [-0.2, -0.15) is 18.3 Å². The number of ether oxygens (including phenoxy) is 2. The third-order valence-corrected chi connectivity index (χ3v) is 3.37. The molecule has 0 N–H and O–H groups in total. The van der Waals surface area contributed by atoms with E-state index in [0.717, 1.165) is 11.9 Å². The minimum atomic E-state index is -4.46. The van der Waals surface area contributed by atoms with E-state index >= 15 is 0 Å². The third-order valence-electron chi connectivity index (χ3n) is 3.37. The number of alkyl halides is 3. The second-order valence-corrected chi connectivity index (χ2v) is 5.45. The molecule has 3 aromatic rings. The third kappa shape index (κ3) is 5.30. The van der Waals surface area contributed by atoms with E-state index in [1.165, 1.54) is 12.1 Å². The van der Waals surface area contributed by atoms with Crippen molar-refractivity contribution in [3.8, 4) is 11.6 Å². The van der Waals surface area contributed by atoms with Gasteiger partial charge in [0.25, 0.3) is 0 Å². The molecular weight excluding hydrogens is 363 g/mol. The number of para-hydroxylation sites is 1. The van der Waals surface area contributed by atoms with E-state index in [0.29, 0.717) is 5.69 Å². The highest BCUT2D eigenvalue weighted by molar-refractivity contribution is 5.89. The quantitative estimate of drug-likeness (QED) is 0.615. The molecule has 0 aliphatic heterocycles. The highest BCUT2D eigenvalue weighted by Gasteiger charge is 2.28. The first-order valence-electron chi connectivity index (χ1n) is 7.83. The van der Waals surface area contributed by atoms with Gasteiger partial charge in [0.2, 0.25) is 5.88 Å². The summed E-state index contributed by atoms with van der Waals surface area (Å²) >= 11 is 0. The van der Waals surface area contributed by atoms with Crippen LogP contribution in [0.4, 0.5) is 13.2 Å². The van der Waals surface area contributed by atoms with Gasteiger partial charge < -0.3 is 9.47 Å². The standard InChI is InChI=1S/C18H14F3N3O3/c19-18(20,21)12-27-16-7-6-13(10-22-16)17(25)26-11-14-8-9-24(23-14)15-4-2-1-3-5-15/h1-10H,11-12H2. The van der Waals surface area contributed by atoms with Crippen molar-refractivity contribution in [2.75, 3.05) is 6.61 Å². The van der Waals surface area contributed by atoms with Crippen LogP contribution in [0.15, 0.2) is 60.9 Å². The summed E-state index contributed by atoms with van der Waals surface area (Å²) in [7, 11) is 0. The van der Waals surface area contributed by atoms with E-state index in [1.54, 1.807) is 16.9 Å². The molecule has 6 nitrogen and oxygen atoms in total. The van der Waals surface area contributed by atoms with Crippen molar-refractivity contribution >= 4 is 5.97 Å². The van der Waals surface area contributed by atoms with Crippen molar-refractivity contribution in [2.45, 2.75) is 12.8 Å². The van der Waals surface area contributed by atoms with Crippen molar-refractivity contribution in [3.63, 3.8) is 0 Å². The first-order chi connectivity index (χ1) is 12.9. The average molecular weight is 377 g/mol. The maximum Gasteiger partial charge on any atom is 0.422 e. The molecule has 3 rings (SSSR count). The Morgan fingerprint density at radius 2 is 1.85 bits per heavy atom. The molecule has 0 atom stereocenters. The molecule has 1 aromatic carbocycles. The van der Waals surface area contributed by atoms with Crippen LogP contribution in [0.5, 0.6) is 5.88 Å². The number of rotatable bonds is 6. The lowest BCUT2D eigenvalue weighted by Crippen LogP contribution is -2.19. The number of hydrogen-bond acceptors (Lipinski definition) is 5. The number of aromatic nitrogens is 3. The molecule has 0 amide bonds. The Labute approximate surface area is 152 Å². The Morgan fingerprint density at radius 3 is 2.52 bits per heavy atom. The largest absolute Gasteiger partial charge is 0.468 e. The topological polar surface area (TPSA) is 66.2 Å². The van der Waals surface area contributed by atoms with E-state index in [2.05, 4.69) is 14.8 Å². The Kier molecular flexibility index (Phi) is 5.39. The van der Waals surface area contributed by atoms with Crippen LogP contribution >= 0.6 is 0 Å². The van der Waals surface area contributed by atoms with Crippen LogP contribution in [0.3, 0.4) is 0 Å². The predicted octanol–water partition coefficient (Wildman–Crippen LogP) is 3.57. The zero-order valence-electron chi connectivity index (χ0n) is 13.9. The lowest BCUT2D eigenvalue weighted by Gasteiger charge is -2.08. The van der Waals surface area contributed by atoms with Gasteiger partial charge in [0, 0.05) is 18.5 Å². The van der Waals surface area contributed by atoms with E-state index in [1.807, 2.05) is 30.3 Å². The van der Waals surface area contributed by atoms with Crippen LogP contribution in [0.2, 0.25) is 0 Å². The van der Waals surface area contributed by atoms with Crippen LogP contribution in [0.1, 0.15) is 16.1 Å². The maximum atomic E-state index is 12.1. The molecule has 0 bridgehead atoms. The normalized spacial score (nSPS) is 11.2. The summed E-state index contributed by atoms with van der Waals surface area (Å²) < 4.78 is 47.5. The van der Waals surface area contributed by atoms with Gasteiger partial charge in [0.15, 0.2) is 6.61 Å². The number of carbonyl (C=O) groups is 1. The summed E-state index contributed by atoms with van der Waals surface area (Å²) in [5.74, 6) is -0.899. The summed E-state index contributed by atoms with van der Waals surface area (Å²) in [6, 6.07) is 13.6. The number of benzene rings is 1. The van der Waals surface area contributed by atoms with Crippen LogP contribution < -0.4 is 4.74 Å². The summed E-state index contributed by atoms with van der Waals surface area (Å²) in [6.07, 6.45) is -1.62. The van der Waals surface area contributed by atoms with Gasteiger partial charge in [0.1, 0.15) is 12.3 Å². The number of hydrogen-bond donors (Lipinski definition) is 0. The minimum Gasteiger partial charge on any atom is -0.468 e. The smallest absolute Gasteiger partial charge is 0.422 e. The first kappa shape index (κ1) is 18.4. The molecule has 0 saturated heterocycles. The monoisotopic (exact) mass is 377 g/mol. The number of esters is 1. The van der Waals surface area contributed by atoms with Crippen LogP contribution in [0.25, 0.3) is 5.69 Å². The summed E-state index contributed by atoms with van der Waals surface area (Å²) in [4.78, 5) is 15.7. The van der Waals surface area contributed by atoms with Gasteiger partial charge in [-0.25, -0.2) is 14.5 Å². The highest BCUT2D eigenvalue weighted by Crippen LogP contribution is 2.17. The van der Waals surface area contributed by atoms with E-state index in [4.69, 9.17) is 4.74 Å². The molecule has 27 heavy (non-hydrogen) atoms. The first-order valence-corrected chi connectivity index (χ1v) is 7.83. The van der Waals surface area contributed by atoms with Crippen LogP contribution in [-0.4, -0.2) is 33.5 Å². The Bertz CT molecular complexity index is 893. The van der Waals surface area contributed by atoms with Crippen molar-refractivity contribution in [2.24, 2.45) is 0 Å². The Morgan fingerprint density at radius 1 is 1.07 bits per heavy atom. The van der Waals surface area contributed by atoms with Gasteiger partial charge in [-0.3, -0.25) is 0 Å². The van der Waals surface area contributed by atoms with Crippen molar-refractivity contribution in [3.05, 3.63) is 72.2 Å². The fraction of sp³-hybridized carbons (Fsp3) is 0.167.